The van der Waals surface area contributed by atoms with Crippen LogP contribution in [-0.2, 0) is 14.4 Å². The van der Waals surface area contributed by atoms with Gasteiger partial charge < -0.3 is 25.3 Å². The minimum absolute atomic E-state index is 0.0209. The Kier molecular flexibility index (Phi) is 4.83. The van der Waals surface area contributed by atoms with Gasteiger partial charge in [-0.15, -0.1) is 0 Å². The summed E-state index contributed by atoms with van der Waals surface area (Å²) in [5.74, 6) is -1.89. The van der Waals surface area contributed by atoms with Crippen molar-refractivity contribution in [3.05, 3.63) is 11.3 Å². The van der Waals surface area contributed by atoms with Gasteiger partial charge in [0, 0.05) is 20.0 Å². The Morgan fingerprint density at radius 1 is 1.38 bits per heavy atom. The molecule has 0 radical (unpaired) electrons. The van der Waals surface area contributed by atoms with E-state index in [9.17, 15) is 24.6 Å². The SMILES string of the molecule is C[C@@H](O)C1C(=O)N2C(C(=O)O)=C(C[C@@H]3CN[C@H](C(=O)N(C)C)C3)[C@H](C)C12. The fourth-order valence-corrected chi connectivity index (χ4v) is 4.69. The normalized spacial score (nSPS) is 34.6. The fraction of sp³-hybridized carbons (Fsp3) is 0.722. The van der Waals surface area contributed by atoms with Crippen LogP contribution >= 0.6 is 0 Å². The molecule has 8 heteroatoms. The van der Waals surface area contributed by atoms with Crippen LogP contribution in [0.3, 0.4) is 0 Å². The summed E-state index contributed by atoms with van der Waals surface area (Å²) < 4.78 is 0. The van der Waals surface area contributed by atoms with E-state index in [1.807, 2.05) is 6.92 Å². The highest BCUT2D eigenvalue weighted by molar-refractivity contribution is 6.00. The summed E-state index contributed by atoms with van der Waals surface area (Å²) in [6.07, 6.45) is 0.397. The van der Waals surface area contributed by atoms with Crippen LogP contribution in [0.2, 0.25) is 0 Å². The molecule has 3 aliphatic heterocycles. The molecule has 3 aliphatic rings. The summed E-state index contributed by atoms with van der Waals surface area (Å²) in [6, 6.07) is -0.526. The molecule has 0 bridgehead atoms. The molecule has 6 atom stereocenters. The molecule has 0 aromatic heterocycles. The average Bonchev–Trinajstić information content (AvgIpc) is 3.09. The van der Waals surface area contributed by atoms with Crippen molar-refractivity contribution >= 4 is 17.8 Å². The molecule has 0 aromatic carbocycles. The van der Waals surface area contributed by atoms with E-state index in [4.69, 9.17) is 0 Å². The lowest BCUT2D eigenvalue weighted by atomic mass is 9.76. The summed E-state index contributed by atoms with van der Waals surface area (Å²) in [4.78, 5) is 39.2. The van der Waals surface area contributed by atoms with E-state index in [1.165, 1.54) is 4.90 Å². The first-order valence-electron chi connectivity index (χ1n) is 9.07. The van der Waals surface area contributed by atoms with E-state index in [0.29, 0.717) is 19.4 Å². The van der Waals surface area contributed by atoms with Crippen molar-refractivity contribution in [2.45, 2.75) is 44.9 Å². The minimum Gasteiger partial charge on any atom is -0.477 e. The summed E-state index contributed by atoms with van der Waals surface area (Å²) in [5, 5.41) is 22.8. The van der Waals surface area contributed by atoms with E-state index in [0.717, 1.165) is 5.57 Å². The van der Waals surface area contributed by atoms with Crippen LogP contribution in [-0.4, -0.2) is 76.6 Å². The lowest BCUT2D eigenvalue weighted by Crippen LogP contribution is -2.63. The Balaban J connectivity index is 1.78. The number of carboxylic acids is 1. The number of carbonyl (C=O) groups excluding carboxylic acids is 2. The Bertz CT molecular complexity index is 672. The number of aliphatic hydroxyl groups is 1. The molecule has 0 saturated carbocycles. The van der Waals surface area contributed by atoms with Crippen LogP contribution in [0, 0.1) is 17.8 Å². The molecular formula is C18H27N3O5. The number of β-lactam (4-membered cyclic amide) rings is 1. The van der Waals surface area contributed by atoms with E-state index in [1.54, 1.807) is 25.9 Å². The van der Waals surface area contributed by atoms with Crippen LogP contribution in [0.15, 0.2) is 11.3 Å². The topological polar surface area (TPSA) is 110 Å². The highest BCUT2D eigenvalue weighted by Gasteiger charge is 2.59. The quantitative estimate of drug-likeness (QED) is 0.574. The number of nitrogens with one attached hydrogen (secondary N) is 1. The molecule has 144 valence electrons. The Labute approximate surface area is 152 Å². The van der Waals surface area contributed by atoms with Crippen LogP contribution in [0.25, 0.3) is 0 Å². The van der Waals surface area contributed by atoms with Gasteiger partial charge in [-0.2, -0.15) is 0 Å². The van der Waals surface area contributed by atoms with E-state index in [2.05, 4.69) is 5.32 Å². The summed E-state index contributed by atoms with van der Waals surface area (Å²) in [5.41, 5.74) is 0.829. The van der Waals surface area contributed by atoms with Crippen molar-refractivity contribution in [3.63, 3.8) is 0 Å². The van der Waals surface area contributed by atoms with Crippen molar-refractivity contribution in [3.8, 4) is 0 Å². The van der Waals surface area contributed by atoms with Gasteiger partial charge in [-0.25, -0.2) is 4.79 Å². The third-order valence-electron chi connectivity index (χ3n) is 5.99. The Hall–Kier alpha value is -1.93. The molecule has 2 amide bonds. The van der Waals surface area contributed by atoms with Crippen molar-refractivity contribution in [2.75, 3.05) is 20.6 Å². The van der Waals surface area contributed by atoms with E-state index >= 15 is 0 Å². The van der Waals surface area contributed by atoms with Gasteiger partial charge in [0.15, 0.2) is 0 Å². The molecule has 3 rings (SSSR count). The van der Waals surface area contributed by atoms with Crippen LogP contribution in [0.4, 0.5) is 0 Å². The Morgan fingerprint density at radius 2 is 2.04 bits per heavy atom. The summed E-state index contributed by atoms with van der Waals surface area (Å²) in [7, 11) is 3.43. The third-order valence-corrected chi connectivity index (χ3v) is 5.99. The van der Waals surface area contributed by atoms with Crippen LogP contribution in [0.1, 0.15) is 26.7 Å². The van der Waals surface area contributed by atoms with Gasteiger partial charge in [-0.1, -0.05) is 6.92 Å². The molecule has 3 heterocycles. The molecule has 2 unspecified atom stereocenters. The second kappa shape index (κ2) is 6.66. The van der Waals surface area contributed by atoms with Gasteiger partial charge in [0.25, 0.3) is 0 Å². The number of aliphatic carboxylic acids is 1. The predicted octanol–water partition coefficient (Wildman–Crippen LogP) is -0.361. The number of rotatable bonds is 5. The maximum atomic E-state index is 12.4. The monoisotopic (exact) mass is 365 g/mol. The average molecular weight is 365 g/mol. The number of fused-ring (bicyclic) bond motifs is 1. The third kappa shape index (κ3) is 2.81. The summed E-state index contributed by atoms with van der Waals surface area (Å²) in [6.45, 7) is 4.14. The number of amides is 2. The van der Waals surface area contributed by atoms with Gasteiger partial charge in [0.1, 0.15) is 5.70 Å². The molecule has 2 fully saturated rings. The zero-order valence-electron chi connectivity index (χ0n) is 15.6. The molecule has 26 heavy (non-hydrogen) atoms. The summed E-state index contributed by atoms with van der Waals surface area (Å²) >= 11 is 0. The number of nitrogens with zero attached hydrogens (tertiary/aromatic N) is 2. The molecule has 0 spiro atoms. The Morgan fingerprint density at radius 3 is 2.58 bits per heavy atom. The number of likely N-dealkylation sites (N-methyl/N-ethyl adjacent to an activating group) is 1. The number of carbonyl (C=O) groups is 3. The van der Waals surface area contributed by atoms with Crippen molar-refractivity contribution in [1.29, 1.82) is 0 Å². The van der Waals surface area contributed by atoms with Gasteiger partial charge >= 0.3 is 5.97 Å². The van der Waals surface area contributed by atoms with E-state index in [-0.39, 0.29) is 41.4 Å². The molecule has 8 nitrogen and oxygen atoms in total. The zero-order chi connectivity index (χ0) is 19.3. The number of aliphatic hydroxyl groups excluding tert-OH is 1. The largest absolute Gasteiger partial charge is 0.477 e. The first kappa shape index (κ1) is 18.8. The van der Waals surface area contributed by atoms with Gasteiger partial charge in [0.2, 0.25) is 11.8 Å². The first-order chi connectivity index (χ1) is 12.1. The highest BCUT2D eigenvalue weighted by Crippen LogP contribution is 2.49. The standard InChI is InChI=1S/C18H27N3O5/c1-8-11(5-10-6-12(19-7-10)16(23)20(3)4)15(18(25)26)21-14(8)13(9(2)22)17(21)24/h8-10,12-14,19,22H,5-7H2,1-4H3,(H,25,26)/t8-,9+,10-,12-,13?,14?/m0/s1. The van der Waals surface area contributed by atoms with E-state index < -0.39 is 18.0 Å². The van der Waals surface area contributed by atoms with Gasteiger partial charge in [-0.05, 0) is 37.8 Å². The van der Waals surface area contributed by atoms with Crippen molar-refractivity contribution in [2.24, 2.45) is 17.8 Å². The maximum Gasteiger partial charge on any atom is 0.352 e. The van der Waals surface area contributed by atoms with Crippen molar-refractivity contribution < 1.29 is 24.6 Å². The number of hydrogen-bond donors (Lipinski definition) is 3. The van der Waals surface area contributed by atoms with Crippen LogP contribution < -0.4 is 5.32 Å². The molecular weight excluding hydrogens is 338 g/mol. The first-order valence-corrected chi connectivity index (χ1v) is 9.07. The van der Waals surface area contributed by atoms with Crippen molar-refractivity contribution in [1.82, 2.24) is 15.1 Å². The molecule has 0 aromatic rings. The van der Waals surface area contributed by atoms with Crippen LogP contribution in [0.5, 0.6) is 0 Å². The van der Waals surface area contributed by atoms with Gasteiger partial charge in [-0.3, -0.25) is 9.59 Å². The smallest absolute Gasteiger partial charge is 0.352 e. The molecule has 3 N–H and O–H groups in total. The number of carboxylic acid groups (broad SMARTS) is 1. The lowest BCUT2D eigenvalue weighted by molar-refractivity contribution is -0.163. The second-order valence-corrected chi connectivity index (χ2v) is 7.93. The number of hydrogen-bond acceptors (Lipinski definition) is 5. The molecule has 2 saturated heterocycles. The highest BCUT2D eigenvalue weighted by atomic mass is 16.4. The van der Waals surface area contributed by atoms with Gasteiger partial charge in [0.05, 0.1) is 24.1 Å². The predicted molar refractivity (Wildman–Crippen MR) is 92.8 cm³/mol. The maximum absolute atomic E-state index is 12.4. The second-order valence-electron chi connectivity index (χ2n) is 7.93. The fourth-order valence-electron chi connectivity index (χ4n) is 4.69. The lowest BCUT2D eigenvalue weighted by Gasteiger charge is -2.46. The molecule has 0 aliphatic carbocycles. The zero-order valence-corrected chi connectivity index (χ0v) is 15.6. The minimum atomic E-state index is -1.10.